The average molecular weight is 348 g/mol. The van der Waals surface area contributed by atoms with E-state index in [0.717, 1.165) is 29.2 Å². The smallest absolute Gasteiger partial charge is 0.260 e. The molecule has 4 heterocycles. The number of aromatic amines is 2. The average Bonchev–Trinajstić information content (AvgIpc) is 3.17. The van der Waals surface area contributed by atoms with E-state index in [9.17, 15) is 4.79 Å². The molecule has 5 rings (SSSR count). The van der Waals surface area contributed by atoms with Crippen molar-refractivity contribution in [2.24, 2.45) is 0 Å². The lowest BCUT2D eigenvalue weighted by Crippen LogP contribution is -2.26. The highest BCUT2D eigenvalue weighted by Gasteiger charge is 2.37. The molecule has 0 saturated heterocycles. The summed E-state index contributed by atoms with van der Waals surface area (Å²) in [7, 11) is 0. The van der Waals surface area contributed by atoms with E-state index < -0.39 is 0 Å². The molecule has 1 fully saturated rings. The first kappa shape index (κ1) is 14.3. The molecule has 2 N–H and O–H groups in total. The molecule has 1 aliphatic rings. The third kappa shape index (κ3) is 2.08. The quantitative estimate of drug-likeness (QED) is 0.582. The van der Waals surface area contributed by atoms with Gasteiger partial charge in [-0.3, -0.25) is 4.79 Å². The molecule has 132 valence electrons. The second kappa shape index (κ2) is 5.30. The summed E-state index contributed by atoms with van der Waals surface area (Å²) in [4.78, 5) is 25.9. The maximum absolute atomic E-state index is 12.3. The Bertz CT molecular complexity index is 1270. The fourth-order valence-electron chi connectivity index (χ4n) is 4.01. The molecular weight excluding hydrogens is 326 g/mol. The first-order valence-corrected chi connectivity index (χ1v) is 9.00. The number of aryl methyl sites for hydroxylation is 2. The van der Waals surface area contributed by atoms with Crippen molar-refractivity contribution >= 4 is 16.7 Å². The molecule has 1 aliphatic carbocycles. The molecule has 26 heavy (non-hydrogen) atoms. The summed E-state index contributed by atoms with van der Waals surface area (Å²) < 4.78 is 10.00. The zero-order valence-corrected chi connectivity index (χ0v) is 15.1. The van der Waals surface area contributed by atoms with Crippen LogP contribution in [0.15, 0.2) is 29.5 Å². The van der Waals surface area contributed by atoms with Gasteiger partial charge in [-0.1, -0.05) is 0 Å². The van der Waals surface area contributed by atoms with Crippen molar-refractivity contribution in [3.8, 4) is 0 Å². The van der Waals surface area contributed by atoms with E-state index >= 15 is 0 Å². The summed E-state index contributed by atoms with van der Waals surface area (Å²) in [6, 6.07) is 1.63. The van der Waals surface area contributed by atoms with Gasteiger partial charge in [-0.15, -0.1) is 0 Å². The minimum absolute atomic E-state index is 0.129. The normalized spacial score (nSPS) is 20.5. The summed E-state index contributed by atoms with van der Waals surface area (Å²) in [5.41, 5.74) is 6.01. The molecule has 0 spiro atoms. The number of aromatic nitrogens is 5. The second-order valence-electron chi connectivity index (χ2n) is 7.38. The molecule has 0 aromatic carbocycles. The van der Waals surface area contributed by atoms with Crippen molar-refractivity contribution in [1.29, 1.82) is 0 Å². The van der Waals surface area contributed by atoms with Gasteiger partial charge in [0.1, 0.15) is 17.1 Å². The van der Waals surface area contributed by atoms with Gasteiger partial charge in [0.2, 0.25) is 0 Å². The maximum atomic E-state index is 12.3. The highest BCUT2D eigenvalue weighted by atomic mass is 16.1. The monoisotopic (exact) mass is 348 g/mol. The molecule has 6 heteroatoms. The standard InChI is InChI=1S/C20H21N5O/c1-10-8-25-9-16(22-19(25)12(3)11(10)2)13-4-5-14(13)18-23-17-15(6-7-21-17)20(26)24-18/h6-9,13-14H,4-5H2,1-3H3,(H2,21,23,24,26)/i/hD. The van der Waals surface area contributed by atoms with Gasteiger partial charge in [-0.2, -0.15) is 0 Å². The second-order valence-corrected chi connectivity index (χ2v) is 7.38. The molecule has 2 unspecified atom stereocenters. The van der Waals surface area contributed by atoms with Crippen LogP contribution in [0.3, 0.4) is 0 Å². The number of rotatable bonds is 2. The zero-order valence-electron chi connectivity index (χ0n) is 16.1. The maximum Gasteiger partial charge on any atom is 0.260 e. The number of pyridine rings is 1. The van der Waals surface area contributed by atoms with Crippen molar-refractivity contribution < 1.29 is 1.41 Å². The molecule has 1 saturated carbocycles. The van der Waals surface area contributed by atoms with Crippen molar-refractivity contribution in [3.63, 3.8) is 0 Å². The van der Waals surface area contributed by atoms with Crippen molar-refractivity contribution in [2.45, 2.75) is 45.4 Å². The van der Waals surface area contributed by atoms with E-state index in [1.807, 2.05) is 0 Å². The van der Waals surface area contributed by atoms with E-state index in [4.69, 9.17) is 6.40 Å². The molecule has 4 aromatic rings. The predicted octanol–water partition coefficient (Wildman–Crippen LogP) is 3.49. The number of imidazole rings is 1. The Morgan fingerprint density at radius 1 is 1.15 bits per heavy atom. The molecule has 6 nitrogen and oxygen atoms in total. The third-order valence-electron chi connectivity index (χ3n) is 5.97. The lowest BCUT2D eigenvalue weighted by atomic mass is 9.71. The highest BCUT2D eigenvalue weighted by molar-refractivity contribution is 5.73. The summed E-state index contributed by atoms with van der Waals surface area (Å²) in [5.74, 6) is 1.03. The van der Waals surface area contributed by atoms with Gasteiger partial charge in [0, 0.05) is 30.4 Å². The van der Waals surface area contributed by atoms with Crippen LogP contribution in [0, 0.1) is 20.8 Å². The Morgan fingerprint density at radius 3 is 2.73 bits per heavy atom. The van der Waals surface area contributed by atoms with Gasteiger partial charge in [0.25, 0.3) is 5.56 Å². The lowest BCUT2D eigenvalue weighted by Gasteiger charge is -2.34. The molecular formula is C20H21N5O. The van der Waals surface area contributed by atoms with Crippen LogP contribution < -0.4 is 5.56 Å². The van der Waals surface area contributed by atoms with Crippen LogP contribution in [-0.4, -0.2) is 24.3 Å². The highest BCUT2D eigenvalue weighted by Crippen LogP contribution is 2.47. The molecule has 0 bridgehead atoms. The number of fused-ring (bicyclic) bond motifs is 2. The van der Waals surface area contributed by atoms with Crippen molar-refractivity contribution in [2.75, 3.05) is 0 Å². The van der Waals surface area contributed by atoms with Gasteiger partial charge in [0.15, 0.2) is 1.41 Å². The molecule has 2 atom stereocenters. The van der Waals surface area contributed by atoms with Gasteiger partial charge in [-0.25, -0.2) is 9.97 Å². The Kier molecular flexibility index (Phi) is 2.92. The van der Waals surface area contributed by atoms with Gasteiger partial charge in [-0.05, 0) is 56.4 Å². The van der Waals surface area contributed by atoms with Crippen LogP contribution in [0.4, 0.5) is 0 Å². The van der Waals surface area contributed by atoms with Gasteiger partial charge in [0.05, 0.1) is 11.1 Å². The molecule has 0 radical (unpaired) electrons. The predicted molar refractivity (Wildman–Crippen MR) is 101 cm³/mol. The van der Waals surface area contributed by atoms with E-state index in [1.54, 1.807) is 12.3 Å². The van der Waals surface area contributed by atoms with E-state index in [0.29, 0.717) is 16.9 Å². The summed E-state index contributed by atoms with van der Waals surface area (Å²) in [5, 5.41) is 0.457. The molecule has 0 amide bonds. The minimum atomic E-state index is -0.177. The fraction of sp³-hybridized carbons (Fsp3) is 0.350. The Morgan fingerprint density at radius 2 is 1.96 bits per heavy atom. The number of H-pyrrole nitrogens is 2. The van der Waals surface area contributed by atoms with Crippen LogP contribution in [-0.2, 0) is 0 Å². The third-order valence-corrected chi connectivity index (χ3v) is 5.97. The Labute approximate surface area is 151 Å². The molecule has 0 aliphatic heterocycles. The Balaban J connectivity index is 1.58. The number of hydrogen-bond acceptors (Lipinski definition) is 3. The SMILES string of the molecule is [2H]n1ccc2c(=O)[nH]c(C3CCC3c3cn4cc(C)c(C)c(C)c4n3)nc21. The topological polar surface area (TPSA) is 78.8 Å². The fourth-order valence-corrected chi connectivity index (χ4v) is 4.01. The minimum Gasteiger partial charge on any atom is -0.346 e. The number of nitrogens with one attached hydrogen (secondary N) is 2. The van der Waals surface area contributed by atoms with Gasteiger partial charge < -0.3 is 14.4 Å². The van der Waals surface area contributed by atoms with Crippen LogP contribution in [0.25, 0.3) is 16.7 Å². The van der Waals surface area contributed by atoms with Crippen molar-refractivity contribution in [3.05, 3.63) is 63.2 Å². The summed E-state index contributed by atoms with van der Waals surface area (Å²) in [6.07, 6.45) is 7.76. The van der Waals surface area contributed by atoms with E-state index in [-0.39, 0.29) is 17.4 Å². The van der Waals surface area contributed by atoms with Gasteiger partial charge >= 0.3 is 0 Å². The van der Waals surface area contributed by atoms with Crippen LogP contribution >= 0.6 is 0 Å². The van der Waals surface area contributed by atoms with Crippen LogP contribution in [0.1, 0.15) is 52.9 Å². The summed E-state index contributed by atoms with van der Waals surface area (Å²) >= 11 is 0. The zero-order chi connectivity index (χ0) is 18.9. The van der Waals surface area contributed by atoms with Crippen molar-refractivity contribution in [1.82, 2.24) is 24.3 Å². The number of hydrogen-bond donors (Lipinski definition) is 2. The Hall–Kier alpha value is -2.89. The molecule has 4 aromatic heterocycles. The van der Waals surface area contributed by atoms with E-state index in [1.165, 1.54) is 16.7 Å². The summed E-state index contributed by atoms with van der Waals surface area (Å²) in [6.45, 7) is 6.36. The van der Waals surface area contributed by atoms with E-state index in [2.05, 4.69) is 47.5 Å². The van der Waals surface area contributed by atoms with Crippen LogP contribution in [0.5, 0.6) is 0 Å². The lowest BCUT2D eigenvalue weighted by molar-refractivity contribution is 0.327. The first-order chi connectivity index (χ1) is 12.9. The first-order valence-electron chi connectivity index (χ1n) is 9.44. The largest absolute Gasteiger partial charge is 0.346 e. The number of nitrogens with zero attached hydrogens (tertiary/aromatic N) is 3. The van der Waals surface area contributed by atoms with Crippen LogP contribution in [0.2, 0.25) is 1.41 Å².